The van der Waals surface area contributed by atoms with Gasteiger partial charge in [0.25, 0.3) is 5.56 Å². The second-order valence-corrected chi connectivity index (χ2v) is 11.0. The van der Waals surface area contributed by atoms with Crippen molar-refractivity contribution in [2.75, 3.05) is 7.11 Å². The summed E-state index contributed by atoms with van der Waals surface area (Å²) in [5.41, 5.74) is -1.77. The minimum absolute atomic E-state index is 0.0962. The van der Waals surface area contributed by atoms with Gasteiger partial charge in [0.1, 0.15) is 34.5 Å². The van der Waals surface area contributed by atoms with Gasteiger partial charge in [-0.15, -0.1) is 11.3 Å². The predicted molar refractivity (Wildman–Crippen MR) is 149 cm³/mol. The maximum Gasteiger partial charge on any atom is 0.471 e. The van der Waals surface area contributed by atoms with Gasteiger partial charge in [0.2, 0.25) is 5.75 Å². The van der Waals surface area contributed by atoms with E-state index in [1.54, 1.807) is 42.5 Å². The zero-order valence-corrected chi connectivity index (χ0v) is 24.3. The summed E-state index contributed by atoms with van der Waals surface area (Å²) in [6.07, 6.45) is -5.14. The molecule has 0 unspecified atom stereocenters. The van der Waals surface area contributed by atoms with Crippen LogP contribution in [0.4, 0.5) is 22.4 Å². The van der Waals surface area contributed by atoms with Crippen LogP contribution in [0.15, 0.2) is 65.6 Å². The van der Waals surface area contributed by atoms with Crippen LogP contribution in [0.3, 0.4) is 0 Å². The molecule has 43 heavy (non-hydrogen) atoms. The van der Waals surface area contributed by atoms with Crippen LogP contribution in [0.25, 0.3) is 10.7 Å². The number of amides is 2. The van der Waals surface area contributed by atoms with Gasteiger partial charge in [-0.1, -0.05) is 42.5 Å². The molecule has 0 atom stereocenters. The van der Waals surface area contributed by atoms with Crippen LogP contribution in [0, 0.1) is 5.82 Å². The number of methoxy groups -OCH3 is 1. The number of rotatable bonds is 8. The Morgan fingerprint density at radius 3 is 2.28 bits per heavy atom. The number of carbonyl (C=O) groups excluding carboxylic acids is 2. The molecular weight excluding hydrogens is 592 g/mol. The number of hydrogen-bond donors (Lipinski definition) is 0. The lowest BCUT2D eigenvalue weighted by molar-refractivity contribution is -0.188. The maximum atomic E-state index is 13.8. The molecule has 2 heterocycles. The molecular formula is C29H26F4N4O5S. The second-order valence-electron chi connectivity index (χ2n) is 9.85. The summed E-state index contributed by atoms with van der Waals surface area (Å²) in [5, 5.41) is 0.198. The quantitative estimate of drug-likeness (QED) is 0.237. The molecule has 0 aliphatic heterocycles. The number of ether oxygens (including phenoxy) is 2. The molecule has 2 aromatic heterocycles. The summed E-state index contributed by atoms with van der Waals surface area (Å²) in [6.45, 7) is 1.87. The number of aromatic nitrogens is 3. The molecule has 0 saturated carbocycles. The number of nitrogens with zero attached hydrogens (tertiary/aromatic N) is 4. The average molecular weight is 619 g/mol. The Morgan fingerprint density at radius 2 is 1.67 bits per heavy atom. The number of benzene rings is 2. The lowest BCUT2D eigenvalue weighted by Gasteiger charge is -2.36. The van der Waals surface area contributed by atoms with Gasteiger partial charge in [-0.2, -0.15) is 13.2 Å². The van der Waals surface area contributed by atoms with Crippen LogP contribution in [0.5, 0.6) is 5.75 Å². The monoisotopic (exact) mass is 618 g/mol. The van der Waals surface area contributed by atoms with E-state index in [2.05, 4.69) is 9.97 Å². The van der Waals surface area contributed by atoms with Crippen molar-refractivity contribution in [1.82, 2.24) is 19.4 Å². The third-order valence-corrected chi connectivity index (χ3v) is 7.44. The third-order valence-electron chi connectivity index (χ3n) is 6.44. The SMILES string of the molecule is COc1c(-c2ncc(Cc3ccc(F)cc3)s2)nc(C(C)(C)N(C(=O)OCc2ccccc2)C(=O)C(F)(F)F)n(C)c1=O. The minimum Gasteiger partial charge on any atom is -0.489 e. The molecule has 9 nitrogen and oxygen atoms in total. The molecule has 0 radical (unpaired) electrons. The van der Waals surface area contributed by atoms with Crippen LogP contribution in [0.2, 0.25) is 0 Å². The highest BCUT2D eigenvalue weighted by Gasteiger charge is 2.52. The lowest BCUT2D eigenvalue weighted by atomic mass is 10.0. The fourth-order valence-electron chi connectivity index (χ4n) is 4.34. The number of thiazole rings is 1. The Hall–Kier alpha value is -4.59. The number of imide groups is 1. The van der Waals surface area contributed by atoms with Crippen molar-refractivity contribution in [3.05, 3.63) is 98.8 Å². The number of alkyl halides is 3. The first-order valence-corrected chi connectivity index (χ1v) is 13.5. The van der Waals surface area contributed by atoms with Crippen molar-refractivity contribution in [3.63, 3.8) is 0 Å². The Kier molecular flexibility index (Phi) is 8.99. The number of carbonyl (C=O) groups is 2. The zero-order chi connectivity index (χ0) is 31.5. The maximum absolute atomic E-state index is 13.8. The fraction of sp³-hybridized carbons (Fsp3) is 0.276. The summed E-state index contributed by atoms with van der Waals surface area (Å²) in [6, 6.07) is 14.0. The van der Waals surface area contributed by atoms with E-state index in [0.717, 1.165) is 35.3 Å². The molecule has 14 heteroatoms. The third kappa shape index (κ3) is 6.74. The number of hydrogen-bond acceptors (Lipinski definition) is 8. The van der Waals surface area contributed by atoms with Crippen LogP contribution in [0.1, 0.15) is 35.7 Å². The zero-order valence-electron chi connectivity index (χ0n) is 23.4. The van der Waals surface area contributed by atoms with Crippen LogP contribution in [-0.4, -0.2) is 44.7 Å². The fourth-order valence-corrected chi connectivity index (χ4v) is 5.27. The van der Waals surface area contributed by atoms with E-state index in [4.69, 9.17) is 9.47 Å². The molecule has 0 spiro atoms. The van der Waals surface area contributed by atoms with Crippen LogP contribution in [-0.2, 0) is 35.1 Å². The molecule has 0 N–H and O–H groups in total. The van der Waals surface area contributed by atoms with E-state index in [1.807, 2.05) is 0 Å². The van der Waals surface area contributed by atoms with Crippen molar-refractivity contribution in [2.24, 2.45) is 7.05 Å². The van der Waals surface area contributed by atoms with Crippen LogP contribution >= 0.6 is 11.3 Å². The van der Waals surface area contributed by atoms with Crippen molar-refractivity contribution in [1.29, 1.82) is 0 Å². The van der Waals surface area contributed by atoms with Crippen LogP contribution < -0.4 is 10.3 Å². The highest BCUT2D eigenvalue weighted by molar-refractivity contribution is 7.15. The summed E-state index contributed by atoms with van der Waals surface area (Å²) in [7, 11) is 2.45. The first-order valence-electron chi connectivity index (χ1n) is 12.7. The standard InChI is InChI=1S/C29H26F4N4O5S/c1-28(2,37(26(39)29(31,32)33)27(40)42-16-18-8-6-5-7-9-18)25-35-21(22(41-4)24(38)36(25)3)23-34-15-20(43-23)14-17-10-12-19(30)13-11-17/h5-13,15H,14,16H2,1-4H3. The molecule has 0 saturated heterocycles. The summed E-state index contributed by atoms with van der Waals surface area (Å²) in [5.74, 6) is -3.50. The molecule has 2 amide bonds. The van der Waals surface area contributed by atoms with Gasteiger partial charge >= 0.3 is 18.2 Å². The van der Waals surface area contributed by atoms with E-state index in [9.17, 15) is 31.9 Å². The smallest absolute Gasteiger partial charge is 0.471 e. The molecule has 226 valence electrons. The van der Waals surface area contributed by atoms with Crippen molar-refractivity contribution < 1.29 is 36.6 Å². The van der Waals surface area contributed by atoms with Gasteiger partial charge < -0.3 is 9.47 Å². The Balaban J connectivity index is 1.77. The van der Waals surface area contributed by atoms with E-state index >= 15 is 0 Å². The normalized spacial score (nSPS) is 11.7. The van der Waals surface area contributed by atoms with Gasteiger partial charge in [0, 0.05) is 24.5 Å². The molecule has 0 aliphatic carbocycles. The van der Waals surface area contributed by atoms with E-state index in [1.165, 1.54) is 32.5 Å². The van der Waals surface area contributed by atoms with Crippen molar-refractivity contribution in [2.45, 2.75) is 38.6 Å². The lowest BCUT2D eigenvalue weighted by Crippen LogP contribution is -2.55. The average Bonchev–Trinajstić information content (AvgIpc) is 3.42. The van der Waals surface area contributed by atoms with Gasteiger partial charge in [-0.3, -0.25) is 14.2 Å². The molecule has 0 fully saturated rings. The Labute approximate surface area is 247 Å². The summed E-state index contributed by atoms with van der Waals surface area (Å²) in [4.78, 5) is 48.5. The molecule has 2 aromatic carbocycles. The van der Waals surface area contributed by atoms with Gasteiger partial charge in [0.15, 0.2) is 0 Å². The second kappa shape index (κ2) is 12.3. The summed E-state index contributed by atoms with van der Waals surface area (Å²) < 4.78 is 65.9. The minimum atomic E-state index is -5.46. The highest BCUT2D eigenvalue weighted by atomic mass is 32.1. The molecule has 4 aromatic rings. The summed E-state index contributed by atoms with van der Waals surface area (Å²) >= 11 is 1.13. The van der Waals surface area contributed by atoms with Crippen molar-refractivity contribution >= 4 is 23.3 Å². The highest BCUT2D eigenvalue weighted by Crippen LogP contribution is 2.36. The molecule has 0 aliphatic rings. The first-order chi connectivity index (χ1) is 20.2. The first kappa shape index (κ1) is 31.3. The molecule has 4 rings (SSSR count). The predicted octanol–water partition coefficient (Wildman–Crippen LogP) is 5.61. The van der Waals surface area contributed by atoms with E-state index < -0.39 is 35.9 Å². The van der Waals surface area contributed by atoms with E-state index in [0.29, 0.717) is 16.9 Å². The van der Waals surface area contributed by atoms with Gasteiger partial charge in [-0.05, 0) is 37.1 Å². The van der Waals surface area contributed by atoms with E-state index in [-0.39, 0.29) is 33.0 Å². The topological polar surface area (TPSA) is 104 Å². The number of halogens is 4. The van der Waals surface area contributed by atoms with Gasteiger partial charge in [-0.25, -0.2) is 24.1 Å². The largest absolute Gasteiger partial charge is 0.489 e. The van der Waals surface area contributed by atoms with Crippen molar-refractivity contribution in [3.8, 4) is 16.5 Å². The Bertz CT molecular complexity index is 1690. The van der Waals surface area contributed by atoms with Gasteiger partial charge in [0.05, 0.1) is 7.11 Å². The Morgan fingerprint density at radius 1 is 1.02 bits per heavy atom. The molecule has 0 bridgehead atoms.